The number of aromatic nitrogens is 2. The third-order valence-electron chi connectivity index (χ3n) is 13.1. The summed E-state index contributed by atoms with van der Waals surface area (Å²) in [4.78, 5) is 10.4. The minimum Gasteiger partial charge on any atom is -0.518 e. The fraction of sp³-hybridized carbons (Fsp3) is 0.412. The predicted molar refractivity (Wildman–Crippen MR) is 230 cm³/mol. The van der Waals surface area contributed by atoms with Gasteiger partial charge in [-0.05, 0) is 110 Å². The summed E-state index contributed by atoms with van der Waals surface area (Å²) in [6.07, 6.45) is 8.26. The third kappa shape index (κ3) is 6.57. The Hall–Kier alpha value is -4.21. The van der Waals surface area contributed by atoms with Crippen LogP contribution in [0.2, 0.25) is 0 Å². The van der Waals surface area contributed by atoms with Crippen molar-refractivity contribution in [3.63, 3.8) is 0 Å². The summed E-state index contributed by atoms with van der Waals surface area (Å²) in [5.41, 5.74) is 15.4. The molecule has 3 aliphatic rings. The number of rotatable bonds is 5. The van der Waals surface area contributed by atoms with Gasteiger partial charge in [0.1, 0.15) is 18.2 Å². The Kier molecular flexibility index (Phi) is 9.71. The van der Waals surface area contributed by atoms with Crippen LogP contribution in [-0.4, -0.2) is 27.6 Å². The number of nitrogens with zero attached hydrogens (tertiary/aromatic N) is 3. The molecule has 1 saturated carbocycles. The van der Waals surface area contributed by atoms with Gasteiger partial charge in [0, 0.05) is 28.5 Å². The SMILES string of the molecule is Cc1cc(C)c(-c2cc(Oc3[c-]c4c(cc3C)C(C)(C)c3cc(C(C)(C)C)cc5c6cc(C)cnc6n-4c35)[c-]c(C3=N[C@](C)(C4CCCCC4)CO3)c2)c(C)c1.[Pt+2]. The first-order valence-electron chi connectivity index (χ1n) is 20.6. The summed E-state index contributed by atoms with van der Waals surface area (Å²) >= 11 is 0. The molecule has 57 heavy (non-hydrogen) atoms. The van der Waals surface area contributed by atoms with E-state index in [9.17, 15) is 0 Å². The molecule has 1 fully saturated rings. The van der Waals surface area contributed by atoms with Crippen LogP contribution in [0.4, 0.5) is 0 Å². The number of hydrogen-bond donors (Lipinski definition) is 0. The molecule has 296 valence electrons. The first-order valence-corrected chi connectivity index (χ1v) is 20.6. The Labute approximate surface area is 353 Å². The van der Waals surface area contributed by atoms with Crippen LogP contribution in [0.1, 0.15) is 124 Å². The van der Waals surface area contributed by atoms with E-state index in [1.165, 1.54) is 87.3 Å². The monoisotopic (exact) mass is 936 g/mol. The van der Waals surface area contributed by atoms with Gasteiger partial charge < -0.3 is 14.0 Å². The van der Waals surface area contributed by atoms with Crippen molar-refractivity contribution in [2.45, 2.75) is 125 Å². The zero-order valence-electron chi connectivity index (χ0n) is 35.5. The van der Waals surface area contributed by atoms with Crippen molar-refractivity contribution in [3.8, 4) is 28.3 Å². The van der Waals surface area contributed by atoms with E-state index in [1.807, 2.05) is 6.20 Å². The first-order chi connectivity index (χ1) is 26.5. The van der Waals surface area contributed by atoms with Crippen LogP contribution in [0, 0.1) is 52.7 Å². The van der Waals surface area contributed by atoms with Gasteiger partial charge in [0.15, 0.2) is 0 Å². The van der Waals surface area contributed by atoms with Gasteiger partial charge >= 0.3 is 21.1 Å². The Morgan fingerprint density at radius 3 is 2.21 bits per heavy atom. The molecule has 0 radical (unpaired) electrons. The summed E-state index contributed by atoms with van der Waals surface area (Å²) in [5, 5.41) is 2.40. The van der Waals surface area contributed by atoms with Crippen molar-refractivity contribution in [1.29, 1.82) is 0 Å². The predicted octanol–water partition coefficient (Wildman–Crippen LogP) is 12.8. The topological polar surface area (TPSA) is 48.6 Å². The van der Waals surface area contributed by atoms with Crippen molar-refractivity contribution in [1.82, 2.24) is 9.55 Å². The van der Waals surface area contributed by atoms with E-state index in [4.69, 9.17) is 19.5 Å². The van der Waals surface area contributed by atoms with E-state index in [2.05, 4.69) is 141 Å². The Bertz CT molecular complexity index is 2610. The molecule has 1 aliphatic carbocycles. The molecule has 4 aromatic carbocycles. The average molecular weight is 937 g/mol. The molecule has 1 atom stereocenters. The van der Waals surface area contributed by atoms with E-state index in [0.717, 1.165) is 33.6 Å². The second kappa shape index (κ2) is 14.0. The maximum absolute atomic E-state index is 6.98. The van der Waals surface area contributed by atoms with Gasteiger partial charge in [-0.3, -0.25) is 4.99 Å². The zero-order chi connectivity index (χ0) is 39.5. The number of pyridine rings is 1. The van der Waals surface area contributed by atoms with Crippen LogP contribution >= 0.6 is 0 Å². The number of aryl methyl sites for hydroxylation is 5. The molecule has 2 aromatic heterocycles. The number of fused-ring (bicyclic) bond motifs is 5. The van der Waals surface area contributed by atoms with E-state index >= 15 is 0 Å². The Balaban J connectivity index is 0.00000455. The van der Waals surface area contributed by atoms with Gasteiger partial charge in [-0.25, -0.2) is 4.98 Å². The number of ether oxygens (including phenoxy) is 2. The summed E-state index contributed by atoms with van der Waals surface area (Å²) in [7, 11) is 0. The van der Waals surface area contributed by atoms with Crippen LogP contribution in [0.5, 0.6) is 11.5 Å². The Morgan fingerprint density at radius 2 is 1.51 bits per heavy atom. The van der Waals surface area contributed by atoms with Crippen LogP contribution in [0.25, 0.3) is 38.8 Å². The van der Waals surface area contributed by atoms with Crippen molar-refractivity contribution < 1.29 is 30.5 Å². The summed E-state index contributed by atoms with van der Waals surface area (Å²) in [6, 6.07) is 25.7. The molecule has 0 N–H and O–H groups in total. The van der Waals surface area contributed by atoms with Gasteiger partial charge in [-0.2, -0.15) is 6.07 Å². The molecule has 9 rings (SSSR count). The molecule has 5 nitrogen and oxygen atoms in total. The third-order valence-corrected chi connectivity index (χ3v) is 13.1. The molecule has 6 heteroatoms. The van der Waals surface area contributed by atoms with E-state index in [1.54, 1.807) is 0 Å². The van der Waals surface area contributed by atoms with E-state index < -0.39 is 0 Å². The van der Waals surface area contributed by atoms with Gasteiger partial charge in [-0.1, -0.05) is 114 Å². The molecule has 0 saturated heterocycles. The minimum atomic E-state index is -0.281. The maximum atomic E-state index is 6.98. The van der Waals surface area contributed by atoms with Crippen molar-refractivity contribution >= 4 is 27.8 Å². The quantitative estimate of drug-likeness (QED) is 0.162. The summed E-state index contributed by atoms with van der Waals surface area (Å²) in [5.74, 6) is 2.49. The summed E-state index contributed by atoms with van der Waals surface area (Å²) < 4.78 is 15.8. The molecule has 0 spiro atoms. The zero-order valence-corrected chi connectivity index (χ0v) is 37.8. The molecule has 6 aromatic rings. The first kappa shape index (κ1) is 39.6. The molecular formula is C51H55N3O2Pt. The second-order valence-electron chi connectivity index (χ2n) is 19.0. The fourth-order valence-electron chi connectivity index (χ4n) is 9.97. The van der Waals surface area contributed by atoms with Gasteiger partial charge in [-0.15, -0.1) is 23.3 Å². The largest absolute Gasteiger partial charge is 2.00 e. The molecule has 0 amide bonds. The van der Waals surface area contributed by atoms with Gasteiger partial charge in [0.05, 0.1) is 11.1 Å². The van der Waals surface area contributed by atoms with Crippen molar-refractivity contribution in [3.05, 3.63) is 117 Å². The van der Waals surface area contributed by atoms with Crippen LogP contribution in [-0.2, 0) is 36.6 Å². The van der Waals surface area contributed by atoms with E-state index in [0.29, 0.717) is 29.9 Å². The number of aliphatic imine (C=N–C) groups is 1. The second-order valence-corrected chi connectivity index (χ2v) is 19.0. The maximum Gasteiger partial charge on any atom is 2.00 e. The number of hydrogen-bond acceptors (Lipinski definition) is 4. The molecule has 0 bridgehead atoms. The smallest absolute Gasteiger partial charge is 0.518 e. The standard InChI is InChI=1S/C51H55N3O2.Pt/c1-29-17-32(4)45(33(5)18-29)34-21-35(48-53-51(11,28-55-48)36-15-13-12-14-16-36)23-38(22-34)56-44-26-43-41(20-31(44)3)50(9,10)42-25-37(49(6,7)8)24-39-40-19-30(2)27-52-47(40)54(43)46(39)42;/h17-22,24-25,27,36H,12-16,28H2,1-11H3;/q-2;+2/t51-;/m0./s1. The summed E-state index contributed by atoms with van der Waals surface area (Å²) in [6.45, 7) is 25.3. The Morgan fingerprint density at radius 1 is 0.789 bits per heavy atom. The van der Waals surface area contributed by atoms with E-state index in [-0.39, 0.29) is 37.4 Å². The normalized spacial score (nSPS) is 19.0. The minimum absolute atomic E-state index is 0. The molecule has 2 aliphatic heterocycles. The van der Waals surface area contributed by atoms with Gasteiger partial charge in [0.25, 0.3) is 0 Å². The fourth-order valence-corrected chi connectivity index (χ4v) is 9.97. The molecule has 0 unspecified atom stereocenters. The number of benzene rings is 4. The molecular weight excluding hydrogens is 882 g/mol. The van der Waals surface area contributed by atoms with Crippen LogP contribution in [0.3, 0.4) is 0 Å². The van der Waals surface area contributed by atoms with Crippen LogP contribution < -0.4 is 4.74 Å². The molecule has 4 heterocycles. The average Bonchev–Trinajstić information content (AvgIpc) is 3.70. The van der Waals surface area contributed by atoms with Gasteiger partial charge in [0.2, 0.25) is 0 Å². The van der Waals surface area contributed by atoms with Crippen molar-refractivity contribution in [2.75, 3.05) is 6.61 Å². The van der Waals surface area contributed by atoms with Crippen LogP contribution in [0.15, 0.2) is 59.7 Å². The van der Waals surface area contributed by atoms with Crippen molar-refractivity contribution in [2.24, 2.45) is 10.9 Å².